The number of benzene rings is 2. The molecule has 1 fully saturated rings. The van der Waals surface area contributed by atoms with E-state index in [4.69, 9.17) is 15.0 Å². The Morgan fingerprint density at radius 2 is 1.63 bits per heavy atom. The number of esters is 1. The van der Waals surface area contributed by atoms with Gasteiger partial charge in [0.2, 0.25) is 5.78 Å². The summed E-state index contributed by atoms with van der Waals surface area (Å²) >= 11 is 0. The molecule has 0 saturated heterocycles. The van der Waals surface area contributed by atoms with Gasteiger partial charge in [-0.1, -0.05) is 55.0 Å². The van der Waals surface area contributed by atoms with E-state index in [0.29, 0.717) is 0 Å². The number of alkyl carbamates (subject to hydrolysis) is 1. The van der Waals surface area contributed by atoms with Crippen LogP contribution in [0.1, 0.15) is 62.0 Å². The monoisotopic (exact) mass is 475 g/mol. The summed E-state index contributed by atoms with van der Waals surface area (Å²) in [7, 11) is 0. The van der Waals surface area contributed by atoms with Gasteiger partial charge in [-0.2, -0.15) is 4.79 Å². The zero-order chi connectivity index (χ0) is 24.6. The third kappa shape index (κ3) is 6.03. The minimum Gasteiger partial charge on any atom is -0.461 e. The minimum atomic E-state index is -1.04. The summed E-state index contributed by atoms with van der Waals surface area (Å²) in [6, 6.07) is 15.0. The van der Waals surface area contributed by atoms with Gasteiger partial charge in [-0.15, -0.1) is 0 Å². The maximum atomic E-state index is 12.8. The smallest absolute Gasteiger partial charge is 0.407 e. The number of rotatable bonds is 9. The van der Waals surface area contributed by atoms with Crippen LogP contribution in [0.4, 0.5) is 4.79 Å². The number of hydrogen-bond donors (Lipinski definition) is 1. The van der Waals surface area contributed by atoms with Gasteiger partial charge in [0.1, 0.15) is 18.8 Å². The molecule has 182 valence electrons. The zero-order valence-corrected chi connectivity index (χ0v) is 19.5. The number of amides is 1. The van der Waals surface area contributed by atoms with Gasteiger partial charge in [-0.3, -0.25) is 4.79 Å². The maximum Gasteiger partial charge on any atom is 0.407 e. The highest BCUT2D eigenvalue weighted by Gasteiger charge is 2.31. The number of nitrogens with zero attached hydrogens (tertiary/aromatic N) is 2. The second-order valence-corrected chi connectivity index (χ2v) is 8.97. The van der Waals surface area contributed by atoms with E-state index in [1.54, 1.807) is 0 Å². The lowest BCUT2D eigenvalue weighted by Crippen LogP contribution is -2.44. The van der Waals surface area contributed by atoms with Gasteiger partial charge in [-0.25, -0.2) is 9.59 Å². The van der Waals surface area contributed by atoms with E-state index in [9.17, 15) is 14.4 Å². The minimum absolute atomic E-state index is 0.0145. The summed E-state index contributed by atoms with van der Waals surface area (Å²) in [5.74, 6) is -1.15. The molecule has 0 unspecified atom stereocenters. The second kappa shape index (κ2) is 11.6. The summed E-state index contributed by atoms with van der Waals surface area (Å²) in [5, 5.41) is 2.58. The van der Waals surface area contributed by atoms with Crippen LogP contribution < -0.4 is 5.32 Å². The van der Waals surface area contributed by atoms with Crippen molar-refractivity contribution in [2.75, 3.05) is 6.61 Å². The molecule has 2 aromatic carbocycles. The predicted octanol–water partition coefficient (Wildman–Crippen LogP) is 4.42. The number of nitrogens with one attached hydrogen (secondary N) is 1. The Labute approximate surface area is 204 Å². The van der Waals surface area contributed by atoms with Crippen molar-refractivity contribution < 1.29 is 28.6 Å². The highest BCUT2D eigenvalue weighted by Crippen LogP contribution is 2.44. The van der Waals surface area contributed by atoms with E-state index < -0.39 is 23.9 Å². The summed E-state index contributed by atoms with van der Waals surface area (Å²) < 4.78 is 11.2. The first-order valence-electron chi connectivity index (χ1n) is 12.1. The summed E-state index contributed by atoms with van der Waals surface area (Å²) in [4.78, 5) is 40.0. The van der Waals surface area contributed by atoms with Crippen molar-refractivity contribution in [1.82, 2.24) is 5.32 Å². The quantitative estimate of drug-likeness (QED) is 0.249. The van der Waals surface area contributed by atoms with Gasteiger partial charge in [0.05, 0.1) is 0 Å². The predicted molar refractivity (Wildman–Crippen MR) is 129 cm³/mol. The van der Waals surface area contributed by atoms with Crippen molar-refractivity contribution in [3.8, 4) is 11.1 Å². The fourth-order valence-corrected chi connectivity index (χ4v) is 4.88. The SMILES string of the molecule is [N-]=[N+]=CC(=O)CC[C@H](NC(=O)OCC1c2ccccc2-c2ccccc21)C(=O)OC1CCCCC1. The topological polar surface area (TPSA) is 118 Å². The van der Waals surface area contributed by atoms with Crippen LogP contribution in [0.2, 0.25) is 0 Å². The number of carbonyl (C=O) groups is 3. The lowest BCUT2D eigenvalue weighted by atomic mass is 9.97. The van der Waals surface area contributed by atoms with Gasteiger partial charge < -0.3 is 20.3 Å². The lowest BCUT2D eigenvalue weighted by molar-refractivity contribution is -0.153. The molecule has 0 bridgehead atoms. The summed E-state index contributed by atoms with van der Waals surface area (Å²) in [6.45, 7) is 0.111. The van der Waals surface area contributed by atoms with E-state index in [1.807, 2.05) is 36.4 Å². The van der Waals surface area contributed by atoms with Gasteiger partial charge in [-0.05, 0) is 54.4 Å². The molecule has 1 N–H and O–H groups in total. The number of ether oxygens (including phenoxy) is 2. The van der Waals surface area contributed by atoms with E-state index in [0.717, 1.165) is 60.6 Å². The molecular formula is C27H29N3O5. The Morgan fingerprint density at radius 1 is 1.00 bits per heavy atom. The number of fused-ring (bicyclic) bond motifs is 3. The Bertz CT molecular complexity index is 1090. The van der Waals surface area contributed by atoms with Gasteiger partial charge >= 0.3 is 18.3 Å². The maximum absolute atomic E-state index is 12.8. The molecule has 0 aliphatic heterocycles. The molecule has 2 aromatic rings. The number of Topliss-reactive ketones (excluding diaryl/α,β-unsaturated/α-hetero) is 1. The van der Waals surface area contributed by atoms with Crippen LogP contribution in [-0.4, -0.2) is 47.6 Å². The van der Waals surface area contributed by atoms with Crippen LogP contribution in [0.25, 0.3) is 16.7 Å². The Hall–Kier alpha value is -3.77. The molecule has 0 radical (unpaired) electrons. The molecule has 0 aromatic heterocycles. The molecule has 1 atom stereocenters. The molecule has 2 aliphatic rings. The number of ketones is 1. The van der Waals surface area contributed by atoms with Gasteiger partial charge in [0, 0.05) is 12.3 Å². The lowest BCUT2D eigenvalue weighted by Gasteiger charge is -2.25. The fourth-order valence-electron chi connectivity index (χ4n) is 4.88. The molecule has 4 rings (SSSR count). The first kappa shape index (κ1) is 24.4. The van der Waals surface area contributed by atoms with Crippen LogP contribution in [0.15, 0.2) is 48.5 Å². The standard InChI is InChI=1S/C27H29N3O5/c28-29-16-18(31)14-15-25(26(32)35-19-8-2-1-3-9-19)30-27(33)34-17-24-22-12-6-4-10-20(22)21-11-5-7-13-23(21)24/h4-7,10-13,16,19,24-25H,1-3,8-9,14-15,17H2,(H,30,33)/t25-/m0/s1. The molecule has 0 heterocycles. The molecule has 1 amide bonds. The van der Waals surface area contributed by atoms with E-state index >= 15 is 0 Å². The fraction of sp³-hybridized carbons (Fsp3) is 0.407. The highest BCUT2D eigenvalue weighted by molar-refractivity contribution is 6.25. The first-order chi connectivity index (χ1) is 17.1. The van der Waals surface area contributed by atoms with Crippen LogP contribution in [-0.2, 0) is 19.1 Å². The van der Waals surface area contributed by atoms with Crippen molar-refractivity contribution in [1.29, 1.82) is 0 Å². The van der Waals surface area contributed by atoms with Gasteiger partial charge in [0.25, 0.3) is 0 Å². The molecule has 2 aliphatic carbocycles. The van der Waals surface area contributed by atoms with Crippen molar-refractivity contribution >= 4 is 24.1 Å². The van der Waals surface area contributed by atoms with E-state index in [1.165, 1.54) is 0 Å². The average molecular weight is 476 g/mol. The van der Waals surface area contributed by atoms with Gasteiger partial charge in [0.15, 0.2) is 0 Å². The molecule has 8 nitrogen and oxygen atoms in total. The molecule has 0 spiro atoms. The normalized spacial score (nSPS) is 15.8. The van der Waals surface area contributed by atoms with Crippen molar-refractivity contribution in [2.24, 2.45) is 0 Å². The van der Waals surface area contributed by atoms with Crippen LogP contribution in [0.3, 0.4) is 0 Å². The number of carbonyl (C=O) groups excluding carboxylic acids is 3. The number of hydrogen-bond acceptors (Lipinski definition) is 5. The summed E-state index contributed by atoms with van der Waals surface area (Å²) in [5.41, 5.74) is 13.0. The zero-order valence-electron chi connectivity index (χ0n) is 19.5. The molecule has 8 heteroatoms. The second-order valence-electron chi connectivity index (χ2n) is 8.97. The van der Waals surface area contributed by atoms with Crippen LogP contribution in [0.5, 0.6) is 0 Å². The molecule has 35 heavy (non-hydrogen) atoms. The third-order valence-electron chi connectivity index (χ3n) is 6.64. The molecular weight excluding hydrogens is 446 g/mol. The van der Waals surface area contributed by atoms with E-state index in [-0.39, 0.29) is 31.5 Å². The van der Waals surface area contributed by atoms with Crippen molar-refractivity contribution in [2.45, 2.75) is 63.0 Å². The van der Waals surface area contributed by atoms with Crippen LogP contribution in [0, 0.1) is 0 Å². The Kier molecular flexibility index (Phi) is 8.06. The third-order valence-corrected chi connectivity index (χ3v) is 6.64. The van der Waals surface area contributed by atoms with Crippen molar-refractivity contribution in [3.05, 3.63) is 65.2 Å². The summed E-state index contributed by atoms with van der Waals surface area (Å²) in [6.07, 6.45) is 4.46. The average Bonchev–Trinajstić information content (AvgIpc) is 3.19. The highest BCUT2D eigenvalue weighted by atomic mass is 16.6. The van der Waals surface area contributed by atoms with E-state index in [2.05, 4.69) is 22.2 Å². The van der Waals surface area contributed by atoms with Crippen molar-refractivity contribution in [3.63, 3.8) is 0 Å². The van der Waals surface area contributed by atoms with Crippen LogP contribution >= 0.6 is 0 Å². The Morgan fingerprint density at radius 3 is 2.26 bits per heavy atom. The first-order valence-corrected chi connectivity index (χ1v) is 12.1. The largest absolute Gasteiger partial charge is 0.461 e. The molecule has 1 saturated carbocycles. The Balaban J connectivity index is 1.40.